The van der Waals surface area contributed by atoms with Crippen LogP contribution in [0.4, 0.5) is 0 Å². The van der Waals surface area contributed by atoms with Gasteiger partial charge < -0.3 is 4.90 Å². The number of hydrogen-bond donors (Lipinski definition) is 0. The highest BCUT2D eigenvalue weighted by Gasteiger charge is 2.42. The van der Waals surface area contributed by atoms with Crippen LogP contribution in [0.15, 0.2) is 24.5 Å². The number of amides is 1. The van der Waals surface area contributed by atoms with E-state index in [4.69, 9.17) is 0 Å². The van der Waals surface area contributed by atoms with E-state index in [9.17, 15) is 9.59 Å². The van der Waals surface area contributed by atoms with Crippen molar-refractivity contribution in [2.45, 2.75) is 45.1 Å². The van der Waals surface area contributed by atoms with Crippen LogP contribution in [0.5, 0.6) is 0 Å². The number of aryl methyl sites for hydroxylation is 1. The highest BCUT2D eigenvalue weighted by molar-refractivity contribution is 5.95. The van der Waals surface area contributed by atoms with Crippen LogP contribution >= 0.6 is 0 Å². The molecule has 0 unspecified atom stereocenters. The lowest BCUT2D eigenvalue weighted by Gasteiger charge is -2.30. The first-order chi connectivity index (χ1) is 9.01. The number of pyridine rings is 1. The molecule has 2 heterocycles. The average molecular weight is 260 g/mol. The minimum absolute atomic E-state index is 0.0831. The van der Waals surface area contributed by atoms with Crippen LogP contribution in [0.25, 0.3) is 0 Å². The fourth-order valence-corrected chi connectivity index (χ4v) is 2.51. The molecule has 0 saturated carbocycles. The molecule has 0 spiro atoms. The molecule has 0 radical (unpaired) electrons. The first-order valence-electron chi connectivity index (χ1n) is 6.74. The Morgan fingerprint density at radius 2 is 2.26 bits per heavy atom. The summed E-state index contributed by atoms with van der Waals surface area (Å²) in [4.78, 5) is 29.6. The first-order valence-corrected chi connectivity index (χ1v) is 6.74. The standard InChI is InChI=1S/C15H20N2O2/c1-15(2)13(18)8-10-17(15)14(19)7-3-5-12-6-4-9-16-11-12/h4,6,9,11H,3,5,7-8,10H2,1-2H3. The molecule has 0 aliphatic carbocycles. The van der Waals surface area contributed by atoms with Gasteiger partial charge in [-0.2, -0.15) is 0 Å². The Balaban J connectivity index is 1.84. The van der Waals surface area contributed by atoms with Gasteiger partial charge >= 0.3 is 0 Å². The van der Waals surface area contributed by atoms with E-state index in [0.717, 1.165) is 18.4 Å². The lowest BCUT2D eigenvalue weighted by Crippen LogP contribution is -2.46. The minimum Gasteiger partial charge on any atom is -0.330 e. The van der Waals surface area contributed by atoms with Crippen molar-refractivity contribution in [3.8, 4) is 0 Å². The fourth-order valence-electron chi connectivity index (χ4n) is 2.51. The number of hydrogen-bond acceptors (Lipinski definition) is 3. The predicted octanol–water partition coefficient (Wildman–Crippen LogP) is 1.98. The number of carbonyl (C=O) groups is 2. The third-order valence-electron chi connectivity index (χ3n) is 3.80. The third kappa shape index (κ3) is 3.00. The maximum absolute atomic E-state index is 12.2. The van der Waals surface area contributed by atoms with Crippen LogP contribution in [0.1, 0.15) is 38.7 Å². The molecule has 1 aliphatic heterocycles. The van der Waals surface area contributed by atoms with Crippen molar-refractivity contribution in [3.63, 3.8) is 0 Å². The second kappa shape index (κ2) is 5.51. The van der Waals surface area contributed by atoms with E-state index in [1.165, 1.54) is 0 Å². The Labute approximate surface area is 113 Å². The maximum atomic E-state index is 12.2. The van der Waals surface area contributed by atoms with E-state index in [1.807, 2.05) is 32.2 Å². The maximum Gasteiger partial charge on any atom is 0.223 e. The first kappa shape index (κ1) is 13.7. The van der Waals surface area contributed by atoms with Gasteiger partial charge in [0.25, 0.3) is 0 Å². The topological polar surface area (TPSA) is 50.3 Å². The summed E-state index contributed by atoms with van der Waals surface area (Å²) in [6.07, 6.45) is 6.20. The van der Waals surface area contributed by atoms with Gasteiger partial charge in [-0.05, 0) is 38.3 Å². The Morgan fingerprint density at radius 3 is 2.84 bits per heavy atom. The van der Waals surface area contributed by atoms with E-state index in [-0.39, 0.29) is 11.7 Å². The summed E-state index contributed by atoms with van der Waals surface area (Å²) in [7, 11) is 0. The number of likely N-dealkylation sites (tertiary alicyclic amines) is 1. The number of rotatable bonds is 4. The van der Waals surface area contributed by atoms with Crippen molar-refractivity contribution in [1.82, 2.24) is 9.88 Å². The van der Waals surface area contributed by atoms with Crippen molar-refractivity contribution in [2.24, 2.45) is 0 Å². The monoisotopic (exact) mass is 260 g/mol. The summed E-state index contributed by atoms with van der Waals surface area (Å²) in [5, 5.41) is 0. The van der Waals surface area contributed by atoms with Crippen LogP contribution in [0, 0.1) is 0 Å². The van der Waals surface area contributed by atoms with Gasteiger partial charge in [0.1, 0.15) is 0 Å². The molecule has 1 saturated heterocycles. The lowest BCUT2D eigenvalue weighted by atomic mass is 10.00. The smallest absolute Gasteiger partial charge is 0.223 e. The molecule has 0 atom stereocenters. The highest BCUT2D eigenvalue weighted by atomic mass is 16.2. The van der Waals surface area contributed by atoms with Crippen LogP contribution in [0.3, 0.4) is 0 Å². The summed E-state index contributed by atoms with van der Waals surface area (Å²) < 4.78 is 0. The molecular formula is C15H20N2O2. The van der Waals surface area contributed by atoms with Crippen LogP contribution in [-0.4, -0.2) is 33.7 Å². The van der Waals surface area contributed by atoms with Crippen LogP contribution in [0.2, 0.25) is 0 Å². The van der Waals surface area contributed by atoms with Crippen molar-refractivity contribution < 1.29 is 9.59 Å². The summed E-state index contributed by atoms with van der Waals surface area (Å²) in [6, 6.07) is 3.92. The number of carbonyl (C=O) groups excluding carboxylic acids is 2. The molecule has 4 heteroatoms. The molecule has 1 fully saturated rings. The summed E-state index contributed by atoms with van der Waals surface area (Å²) in [5.41, 5.74) is 0.526. The Hall–Kier alpha value is -1.71. The van der Waals surface area contributed by atoms with Crippen LogP contribution < -0.4 is 0 Å². The van der Waals surface area contributed by atoms with E-state index < -0.39 is 5.54 Å². The molecule has 1 aromatic heterocycles. The predicted molar refractivity (Wildman–Crippen MR) is 72.6 cm³/mol. The molecule has 4 nitrogen and oxygen atoms in total. The number of ketones is 1. The second-order valence-corrected chi connectivity index (χ2v) is 5.49. The number of nitrogens with zero attached hydrogens (tertiary/aromatic N) is 2. The normalized spacial score (nSPS) is 17.8. The lowest BCUT2D eigenvalue weighted by molar-refractivity contribution is -0.138. The molecule has 0 bridgehead atoms. The van der Waals surface area contributed by atoms with Gasteiger partial charge in [-0.1, -0.05) is 6.07 Å². The average Bonchev–Trinajstić information content (AvgIpc) is 2.65. The molecule has 0 N–H and O–H groups in total. The molecule has 1 aliphatic rings. The summed E-state index contributed by atoms with van der Waals surface area (Å²) in [5.74, 6) is 0.243. The van der Waals surface area contributed by atoms with Gasteiger partial charge in [0.2, 0.25) is 5.91 Å². The molecule has 1 amide bonds. The van der Waals surface area contributed by atoms with E-state index in [2.05, 4.69) is 4.98 Å². The molecule has 0 aromatic carbocycles. The summed E-state index contributed by atoms with van der Waals surface area (Å²) >= 11 is 0. The van der Waals surface area contributed by atoms with E-state index >= 15 is 0 Å². The van der Waals surface area contributed by atoms with Gasteiger partial charge in [0.05, 0.1) is 5.54 Å². The minimum atomic E-state index is -0.620. The molecule has 19 heavy (non-hydrogen) atoms. The van der Waals surface area contributed by atoms with E-state index in [0.29, 0.717) is 19.4 Å². The van der Waals surface area contributed by atoms with E-state index in [1.54, 1.807) is 11.1 Å². The number of Topliss-reactive ketones (excluding diaryl/α,β-unsaturated/α-hetero) is 1. The molecule has 1 aromatic rings. The zero-order chi connectivity index (χ0) is 13.9. The third-order valence-corrected chi connectivity index (χ3v) is 3.80. The van der Waals surface area contributed by atoms with Crippen molar-refractivity contribution >= 4 is 11.7 Å². The Bertz CT molecular complexity index is 468. The largest absolute Gasteiger partial charge is 0.330 e. The molecular weight excluding hydrogens is 240 g/mol. The SMILES string of the molecule is CC1(C)C(=O)CCN1C(=O)CCCc1cccnc1. The van der Waals surface area contributed by atoms with Gasteiger partial charge in [0, 0.05) is 31.8 Å². The fraction of sp³-hybridized carbons (Fsp3) is 0.533. The van der Waals surface area contributed by atoms with Crippen LogP contribution in [-0.2, 0) is 16.0 Å². The van der Waals surface area contributed by atoms with Crippen molar-refractivity contribution in [1.29, 1.82) is 0 Å². The van der Waals surface area contributed by atoms with Gasteiger partial charge in [-0.25, -0.2) is 0 Å². The zero-order valence-corrected chi connectivity index (χ0v) is 11.6. The quantitative estimate of drug-likeness (QED) is 0.831. The molecule has 102 valence electrons. The number of aromatic nitrogens is 1. The van der Waals surface area contributed by atoms with Gasteiger partial charge in [-0.3, -0.25) is 14.6 Å². The van der Waals surface area contributed by atoms with Crippen molar-refractivity contribution in [2.75, 3.05) is 6.54 Å². The summed E-state index contributed by atoms with van der Waals surface area (Å²) in [6.45, 7) is 4.24. The highest BCUT2D eigenvalue weighted by Crippen LogP contribution is 2.26. The van der Waals surface area contributed by atoms with Crippen molar-refractivity contribution in [3.05, 3.63) is 30.1 Å². The van der Waals surface area contributed by atoms with Gasteiger partial charge in [0.15, 0.2) is 5.78 Å². The second-order valence-electron chi connectivity index (χ2n) is 5.49. The van der Waals surface area contributed by atoms with Gasteiger partial charge in [-0.15, -0.1) is 0 Å². The zero-order valence-electron chi connectivity index (χ0n) is 11.6. The molecule has 2 rings (SSSR count). The Kier molecular flexibility index (Phi) is 3.98. The Morgan fingerprint density at radius 1 is 1.47 bits per heavy atom.